The van der Waals surface area contributed by atoms with Crippen LogP contribution in [0.3, 0.4) is 0 Å². The fourth-order valence-electron chi connectivity index (χ4n) is 2.54. The fourth-order valence-corrected chi connectivity index (χ4v) is 2.54. The average molecular weight is 333 g/mol. The number of nitrogens with zero attached hydrogens (tertiary/aromatic N) is 2. The van der Waals surface area contributed by atoms with Gasteiger partial charge in [-0.1, -0.05) is 29.4 Å². The standard InChI is InChI=1S/C19H15N3O3/c23-19(21-10-8-14-6-3-4-9-20-14)15-12-18(25-22-15)17-11-13-5-1-2-7-16(13)24-17/h1-7,9,11-12H,8,10H2,(H,21,23). The zero-order valence-electron chi connectivity index (χ0n) is 13.3. The fraction of sp³-hybridized carbons (Fsp3) is 0.105. The maximum atomic E-state index is 12.2. The highest BCUT2D eigenvalue weighted by molar-refractivity contribution is 5.93. The smallest absolute Gasteiger partial charge is 0.273 e. The molecule has 0 aliphatic carbocycles. The number of benzene rings is 1. The molecule has 6 heteroatoms. The Bertz CT molecular complexity index is 972. The van der Waals surface area contributed by atoms with Gasteiger partial charge in [0.2, 0.25) is 5.76 Å². The van der Waals surface area contributed by atoms with Crippen LogP contribution < -0.4 is 5.32 Å². The number of pyridine rings is 1. The van der Waals surface area contributed by atoms with E-state index in [1.54, 1.807) is 12.3 Å². The van der Waals surface area contributed by atoms with Gasteiger partial charge < -0.3 is 14.3 Å². The molecule has 0 spiro atoms. The van der Waals surface area contributed by atoms with Gasteiger partial charge in [0.25, 0.3) is 5.91 Å². The molecule has 1 amide bonds. The maximum Gasteiger partial charge on any atom is 0.273 e. The zero-order valence-corrected chi connectivity index (χ0v) is 13.3. The number of fused-ring (bicyclic) bond motifs is 1. The molecule has 3 aromatic heterocycles. The van der Waals surface area contributed by atoms with Gasteiger partial charge in [0, 0.05) is 36.3 Å². The number of aromatic nitrogens is 2. The summed E-state index contributed by atoms with van der Waals surface area (Å²) >= 11 is 0. The number of hydrogen-bond donors (Lipinski definition) is 1. The number of para-hydroxylation sites is 1. The second-order valence-corrected chi connectivity index (χ2v) is 5.55. The number of furan rings is 1. The lowest BCUT2D eigenvalue weighted by Gasteiger charge is -2.01. The Kier molecular flexibility index (Phi) is 4.00. The molecule has 0 aliphatic heterocycles. The van der Waals surface area contributed by atoms with Crippen LogP contribution in [0.4, 0.5) is 0 Å². The first-order valence-corrected chi connectivity index (χ1v) is 7.93. The Hall–Kier alpha value is -3.41. The normalized spacial score (nSPS) is 10.9. The molecule has 0 fully saturated rings. The van der Waals surface area contributed by atoms with E-state index in [1.165, 1.54) is 0 Å². The largest absolute Gasteiger partial charge is 0.453 e. The maximum absolute atomic E-state index is 12.2. The summed E-state index contributed by atoms with van der Waals surface area (Å²) in [5.41, 5.74) is 1.90. The van der Waals surface area contributed by atoms with Crippen LogP contribution in [0.2, 0.25) is 0 Å². The Morgan fingerprint density at radius 2 is 1.92 bits per heavy atom. The summed E-state index contributed by atoms with van der Waals surface area (Å²) in [5.74, 6) is 0.675. The van der Waals surface area contributed by atoms with Crippen molar-refractivity contribution < 1.29 is 13.7 Å². The Balaban J connectivity index is 1.42. The highest BCUT2D eigenvalue weighted by Crippen LogP contribution is 2.28. The molecule has 25 heavy (non-hydrogen) atoms. The van der Waals surface area contributed by atoms with Crippen LogP contribution in [0.15, 0.2) is 69.7 Å². The molecule has 0 saturated carbocycles. The third-order valence-corrected chi connectivity index (χ3v) is 3.80. The summed E-state index contributed by atoms with van der Waals surface area (Å²) in [7, 11) is 0. The van der Waals surface area contributed by atoms with Crippen molar-refractivity contribution in [1.29, 1.82) is 0 Å². The van der Waals surface area contributed by atoms with E-state index in [4.69, 9.17) is 8.94 Å². The van der Waals surface area contributed by atoms with Gasteiger partial charge in [-0.15, -0.1) is 0 Å². The van der Waals surface area contributed by atoms with E-state index in [0.29, 0.717) is 24.5 Å². The minimum Gasteiger partial charge on any atom is -0.453 e. The number of nitrogens with one attached hydrogen (secondary N) is 1. The van der Waals surface area contributed by atoms with E-state index in [2.05, 4.69) is 15.5 Å². The van der Waals surface area contributed by atoms with E-state index in [9.17, 15) is 4.79 Å². The first-order valence-electron chi connectivity index (χ1n) is 7.93. The summed E-state index contributed by atoms with van der Waals surface area (Å²) in [6, 6.07) is 16.8. The number of carbonyl (C=O) groups excluding carboxylic acids is 1. The van der Waals surface area contributed by atoms with Crippen molar-refractivity contribution in [2.75, 3.05) is 6.54 Å². The summed E-state index contributed by atoms with van der Waals surface area (Å²) in [6.45, 7) is 0.475. The van der Waals surface area contributed by atoms with Crippen molar-refractivity contribution in [3.63, 3.8) is 0 Å². The molecule has 1 aromatic carbocycles. The topological polar surface area (TPSA) is 81.2 Å². The van der Waals surface area contributed by atoms with Gasteiger partial charge in [0.1, 0.15) is 5.58 Å². The SMILES string of the molecule is O=C(NCCc1ccccn1)c1cc(-c2cc3ccccc3o2)on1. The lowest BCUT2D eigenvalue weighted by Crippen LogP contribution is -2.26. The number of carbonyl (C=O) groups is 1. The van der Waals surface area contributed by atoms with E-state index in [1.807, 2.05) is 48.5 Å². The van der Waals surface area contributed by atoms with Crippen molar-refractivity contribution in [3.8, 4) is 11.5 Å². The van der Waals surface area contributed by atoms with Gasteiger partial charge in [0.05, 0.1) is 0 Å². The van der Waals surface area contributed by atoms with Gasteiger partial charge >= 0.3 is 0 Å². The summed E-state index contributed by atoms with van der Waals surface area (Å²) in [5, 5.41) is 7.60. The van der Waals surface area contributed by atoms with Crippen LogP contribution in [0.1, 0.15) is 16.2 Å². The van der Waals surface area contributed by atoms with Crippen LogP contribution in [0.5, 0.6) is 0 Å². The van der Waals surface area contributed by atoms with Crippen LogP contribution in [-0.4, -0.2) is 22.6 Å². The number of rotatable bonds is 5. The van der Waals surface area contributed by atoms with Gasteiger partial charge in [-0.2, -0.15) is 0 Å². The molecule has 4 aromatic rings. The minimum absolute atomic E-state index is 0.219. The van der Waals surface area contributed by atoms with E-state index in [0.717, 1.165) is 16.7 Å². The summed E-state index contributed by atoms with van der Waals surface area (Å²) < 4.78 is 11.0. The first kappa shape index (κ1) is 15.1. The number of amides is 1. The highest BCUT2D eigenvalue weighted by Gasteiger charge is 2.16. The molecule has 0 radical (unpaired) electrons. The van der Waals surface area contributed by atoms with Crippen LogP contribution in [0.25, 0.3) is 22.5 Å². The van der Waals surface area contributed by atoms with Crippen molar-refractivity contribution >= 4 is 16.9 Å². The first-order chi connectivity index (χ1) is 12.3. The summed E-state index contributed by atoms with van der Waals surface area (Å²) in [4.78, 5) is 16.4. The van der Waals surface area contributed by atoms with Crippen LogP contribution in [-0.2, 0) is 6.42 Å². The van der Waals surface area contributed by atoms with Crippen molar-refractivity contribution in [3.05, 3.63) is 72.2 Å². The van der Waals surface area contributed by atoms with Crippen LogP contribution in [0, 0.1) is 0 Å². The predicted octanol–water partition coefficient (Wildman–Crippen LogP) is 3.46. The molecule has 0 aliphatic rings. The third kappa shape index (κ3) is 3.28. The Morgan fingerprint density at radius 3 is 2.76 bits per heavy atom. The Labute approximate surface area is 143 Å². The van der Waals surface area contributed by atoms with Crippen molar-refractivity contribution in [2.24, 2.45) is 0 Å². The molecule has 0 bridgehead atoms. The molecule has 1 N–H and O–H groups in total. The second-order valence-electron chi connectivity index (χ2n) is 5.55. The van der Waals surface area contributed by atoms with Gasteiger partial charge in [-0.3, -0.25) is 9.78 Å². The highest BCUT2D eigenvalue weighted by atomic mass is 16.5. The second kappa shape index (κ2) is 6.60. The molecule has 0 saturated heterocycles. The van der Waals surface area contributed by atoms with E-state index in [-0.39, 0.29) is 11.6 Å². The molecule has 0 unspecified atom stereocenters. The van der Waals surface area contributed by atoms with E-state index >= 15 is 0 Å². The lowest BCUT2D eigenvalue weighted by molar-refractivity contribution is 0.0945. The minimum atomic E-state index is -0.290. The zero-order chi connectivity index (χ0) is 17.1. The average Bonchev–Trinajstić information content (AvgIpc) is 3.29. The summed E-state index contributed by atoms with van der Waals surface area (Å²) in [6.07, 6.45) is 2.38. The van der Waals surface area contributed by atoms with Crippen molar-refractivity contribution in [1.82, 2.24) is 15.5 Å². The molecule has 6 nitrogen and oxygen atoms in total. The van der Waals surface area contributed by atoms with Gasteiger partial charge in [0.15, 0.2) is 11.5 Å². The van der Waals surface area contributed by atoms with Crippen LogP contribution >= 0.6 is 0 Å². The van der Waals surface area contributed by atoms with E-state index < -0.39 is 0 Å². The van der Waals surface area contributed by atoms with Crippen molar-refractivity contribution in [2.45, 2.75) is 6.42 Å². The Morgan fingerprint density at radius 1 is 1.04 bits per heavy atom. The predicted molar refractivity (Wildman–Crippen MR) is 92.0 cm³/mol. The molecule has 124 valence electrons. The van der Waals surface area contributed by atoms with Gasteiger partial charge in [-0.05, 0) is 24.3 Å². The molecule has 4 rings (SSSR count). The van der Waals surface area contributed by atoms with Gasteiger partial charge in [-0.25, -0.2) is 0 Å². The lowest BCUT2D eigenvalue weighted by atomic mass is 10.2. The monoisotopic (exact) mass is 333 g/mol. The molecular weight excluding hydrogens is 318 g/mol. The third-order valence-electron chi connectivity index (χ3n) is 3.80. The number of hydrogen-bond acceptors (Lipinski definition) is 5. The quantitative estimate of drug-likeness (QED) is 0.605. The molecular formula is C19H15N3O3. The molecule has 3 heterocycles. The molecule has 0 atom stereocenters.